The first-order valence-electron chi connectivity index (χ1n) is 5.58. The van der Waals surface area contributed by atoms with Crippen molar-refractivity contribution in [1.29, 1.82) is 0 Å². The zero-order chi connectivity index (χ0) is 9.73. The van der Waals surface area contributed by atoms with Crippen LogP contribution in [0.2, 0.25) is 0 Å². The molecule has 0 spiro atoms. The van der Waals surface area contributed by atoms with E-state index in [-0.39, 0.29) is 0 Å². The minimum Gasteiger partial charge on any atom is -0.316 e. The molecule has 1 fully saturated rings. The van der Waals surface area contributed by atoms with Crippen LogP contribution in [-0.2, 0) is 0 Å². The molecule has 1 unspecified atom stereocenters. The van der Waals surface area contributed by atoms with Gasteiger partial charge in [0.2, 0.25) is 0 Å². The third kappa shape index (κ3) is 4.10. The Morgan fingerprint density at radius 1 is 1.31 bits per heavy atom. The first kappa shape index (κ1) is 11.0. The van der Waals surface area contributed by atoms with E-state index in [1.54, 1.807) is 0 Å². The Labute approximate surface area is 82.5 Å². The van der Waals surface area contributed by atoms with Gasteiger partial charge in [-0.2, -0.15) is 0 Å². The number of rotatable bonds is 5. The Hall–Kier alpha value is -0.0800. The molecular formula is C11H24N2. The summed E-state index contributed by atoms with van der Waals surface area (Å²) < 4.78 is 0. The van der Waals surface area contributed by atoms with Gasteiger partial charge in [0.15, 0.2) is 0 Å². The van der Waals surface area contributed by atoms with E-state index >= 15 is 0 Å². The van der Waals surface area contributed by atoms with Crippen LogP contribution in [0.3, 0.4) is 0 Å². The van der Waals surface area contributed by atoms with Gasteiger partial charge in [0, 0.05) is 19.1 Å². The second kappa shape index (κ2) is 4.97. The molecule has 1 aliphatic carbocycles. The molecule has 1 saturated carbocycles. The lowest BCUT2D eigenvalue weighted by atomic mass is 9.92. The van der Waals surface area contributed by atoms with Gasteiger partial charge in [-0.15, -0.1) is 0 Å². The van der Waals surface area contributed by atoms with E-state index in [9.17, 15) is 0 Å². The lowest BCUT2D eigenvalue weighted by molar-refractivity contribution is 0.364. The molecule has 0 bridgehead atoms. The summed E-state index contributed by atoms with van der Waals surface area (Å²) in [6.45, 7) is 10.2. The van der Waals surface area contributed by atoms with Gasteiger partial charge in [-0.3, -0.25) is 0 Å². The Morgan fingerprint density at radius 2 is 2.08 bits per heavy atom. The van der Waals surface area contributed by atoms with Gasteiger partial charge in [0.05, 0.1) is 0 Å². The van der Waals surface area contributed by atoms with Crippen molar-refractivity contribution >= 4 is 0 Å². The second-order valence-electron chi connectivity index (χ2n) is 4.91. The van der Waals surface area contributed by atoms with Crippen LogP contribution in [0.5, 0.6) is 0 Å². The fraction of sp³-hybridized carbons (Fsp3) is 1.00. The fourth-order valence-corrected chi connectivity index (χ4v) is 2.15. The predicted octanol–water partition coefficient (Wildman–Crippen LogP) is 1.76. The SMILES string of the molecule is CCNCCNC1CCC(C)(C)C1. The quantitative estimate of drug-likeness (QED) is 0.636. The lowest BCUT2D eigenvalue weighted by Gasteiger charge is -2.17. The molecular weight excluding hydrogens is 160 g/mol. The normalized spacial score (nSPS) is 26.5. The summed E-state index contributed by atoms with van der Waals surface area (Å²) in [4.78, 5) is 0. The van der Waals surface area contributed by atoms with E-state index in [4.69, 9.17) is 0 Å². The van der Waals surface area contributed by atoms with Crippen molar-refractivity contribution < 1.29 is 0 Å². The van der Waals surface area contributed by atoms with Crippen LogP contribution in [0.25, 0.3) is 0 Å². The molecule has 0 aromatic heterocycles. The van der Waals surface area contributed by atoms with Crippen LogP contribution in [0.4, 0.5) is 0 Å². The summed E-state index contributed by atoms with van der Waals surface area (Å²) >= 11 is 0. The summed E-state index contributed by atoms with van der Waals surface area (Å²) in [6.07, 6.45) is 4.09. The van der Waals surface area contributed by atoms with E-state index in [0.29, 0.717) is 5.41 Å². The second-order valence-corrected chi connectivity index (χ2v) is 4.91. The van der Waals surface area contributed by atoms with Crippen molar-refractivity contribution in [2.45, 2.75) is 46.1 Å². The molecule has 78 valence electrons. The van der Waals surface area contributed by atoms with Gasteiger partial charge < -0.3 is 10.6 Å². The van der Waals surface area contributed by atoms with Gasteiger partial charge in [0.1, 0.15) is 0 Å². The molecule has 1 aliphatic rings. The summed E-state index contributed by atoms with van der Waals surface area (Å²) in [7, 11) is 0. The lowest BCUT2D eigenvalue weighted by Crippen LogP contribution is -2.34. The summed E-state index contributed by atoms with van der Waals surface area (Å²) in [5.74, 6) is 0. The smallest absolute Gasteiger partial charge is 0.00793 e. The highest BCUT2D eigenvalue weighted by Crippen LogP contribution is 2.36. The monoisotopic (exact) mass is 184 g/mol. The molecule has 0 heterocycles. The Balaban J connectivity index is 2.04. The molecule has 2 nitrogen and oxygen atoms in total. The highest BCUT2D eigenvalue weighted by molar-refractivity contribution is 4.86. The molecule has 0 aromatic carbocycles. The highest BCUT2D eigenvalue weighted by Gasteiger charge is 2.30. The molecule has 0 aromatic rings. The van der Waals surface area contributed by atoms with Gasteiger partial charge in [0.25, 0.3) is 0 Å². The number of nitrogens with one attached hydrogen (secondary N) is 2. The number of hydrogen-bond donors (Lipinski definition) is 2. The average Bonchev–Trinajstić information content (AvgIpc) is 2.40. The van der Waals surface area contributed by atoms with Crippen LogP contribution in [0, 0.1) is 5.41 Å². The van der Waals surface area contributed by atoms with Crippen molar-refractivity contribution in [3.05, 3.63) is 0 Å². The largest absolute Gasteiger partial charge is 0.316 e. The maximum absolute atomic E-state index is 3.61. The van der Waals surface area contributed by atoms with E-state index in [0.717, 1.165) is 25.7 Å². The molecule has 1 atom stereocenters. The van der Waals surface area contributed by atoms with E-state index < -0.39 is 0 Å². The predicted molar refractivity (Wildman–Crippen MR) is 58.0 cm³/mol. The molecule has 0 saturated heterocycles. The van der Waals surface area contributed by atoms with Gasteiger partial charge in [-0.1, -0.05) is 20.8 Å². The topological polar surface area (TPSA) is 24.1 Å². The molecule has 2 heteroatoms. The molecule has 0 radical (unpaired) electrons. The summed E-state index contributed by atoms with van der Waals surface area (Å²) in [6, 6.07) is 0.772. The summed E-state index contributed by atoms with van der Waals surface area (Å²) in [5.41, 5.74) is 0.579. The first-order valence-corrected chi connectivity index (χ1v) is 5.58. The van der Waals surface area contributed by atoms with Gasteiger partial charge in [-0.05, 0) is 31.2 Å². The van der Waals surface area contributed by atoms with Crippen molar-refractivity contribution in [3.8, 4) is 0 Å². The first-order chi connectivity index (χ1) is 6.14. The minimum absolute atomic E-state index is 0.579. The fourth-order valence-electron chi connectivity index (χ4n) is 2.15. The van der Waals surface area contributed by atoms with Crippen LogP contribution in [0.15, 0.2) is 0 Å². The zero-order valence-corrected chi connectivity index (χ0v) is 9.32. The molecule has 1 rings (SSSR count). The minimum atomic E-state index is 0.579. The van der Waals surface area contributed by atoms with Crippen LogP contribution in [-0.4, -0.2) is 25.7 Å². The Kier molecular flexibility index (Phi) is 4.20. The molecule has 0 aliphatic heterocycles. The van der Waals surface area contributed by atoms with Crippen LogP contribution >= 0.6 is 0 Å². The Morgan fingerprint density at radius 3 is 2.62 bits per heavy atom. The number of likely N-dealkylation sites (N-methyl/N-ethyl adjacent to an activating group) is 1. The van der Waals surface area contributed by atoms with Crippen LogP contribution in [0.1, 0.15) is 40.0 Å². The molecule has 2 N–H and O–H groups in total. The average molecular weight is 184 g/mol. The Bertz CT molecular complexity index is 143. The third-order valence-electron chi connectivity index (χ3n) is 2.95. The van der Waals surface area contributed by atoms with Crippen LogP contribution < -0.4 is 10.6 Å². The maximum atomic E-state index is 3.61. The standard InChI is InChI=1S/C11H24N2/c1-4-12-7-8-13-10-5-6-11(2,3)9-10/h10,12-13H,4-9H2,1-3H3. The van der Waals surface area contributed by atoms with Gasteiger partial charge in [-0.25, -0.2) is 0 Å². The number of hydrogen-bond acceptors (Lipinski definition) is 2. The molecule has 13 heavy (non-hydrogen) atoms. The highest BCUT2D eigenvalue weighted by atomic mass is 15.0. The van der Waals surface area contributed by atoms with Crippen molar-refractivity contribution in [3.63, 3.8) is 0 Å². The van der Waals surface area contributed by atoms with Crippen molar-refractivity contribution in [2.75, 3.05) is 19.6 Å². The third-order valence-corrected chi connectivity index (χ3v) is 2.95. The summed E-state index contributed by atoms with van der Waals surface area (Å²) in [5, 5.41) is 6.94. The zero-order valence-electron chi connectivity index (χ0n) is 9.32. The van der Waals surface area contributed by atoms with E-state index in [2.05, 4.69) is 31.4 Å². The maximum Gasteiger partial charge on any atom is 0.00793 e. The van der Waals surface area contributed by atoms with Crippen molar-refractivity contribution in [1.82, 2.24) is 10.6 Å². The van der Waals surface area contributed by atoms with E-state index in [1.807, 2.05) is 0 Å². The van der Waals surface area contributed by atoms with Gasteiger partial charge >= 0.3 is 0 Å². The van der Waals surface area contributed by atoms with Crippen molar-refractivity contribution in [2.24, 2.45) is 5.41 Å². The molecule has 0 amide bonds. The van der Waals surface area contributed by atoms with E-state index in [1.165, 1.54) is 19.3 Å².